The zero-order valence-electron chi connectivity index (χ0n) is 9.76. The van der Waals surface area contributed by atoms with Crippen LogP contribution in [0.3, 0.4) is 0 Å². The normalized spacial score (nSPS) is 12.5. The molecule has 0 fully saturated rings. The molecule has 0 saturated heterocycles. The van der Waals surface area contributed by atoms with Crippen molar-refractivity contribution in [3.63, 3.8) is 0 Å². The molecule has 0 heterocycles. The third-order valence-electron chi connectivity index (χ3n) is 2.51. The second kappa shape index (κ2) is 5.14. The van der Waals surface area contributed by atoms with Crippen LogP contribution in [0, 0.1) is 5.21 Å². The van der Waals surface area contributed by atoms with E-state index in [1.54, 1.807) is 30.3 Å². The first-order valence-corrected chi connectivity index (χ1v) is 5.51. The Morgan fingerprint density at radius 3 is 2.11 bits per heavy atom. The lowest BCUT2D eigenvalue weighted by Crippen LogP contribution is -2.10. The van der Waals surface area contributed by atoms with Gasteiger partial charge >= 0.3 is 6.18 Å². The standard InChI is InChI=1S/C14H10F3NO/c15-14(16,17)12-8-4-5-9-13(12)18(19)10-11-6-2-1-3-7-11/h1-10H. The van der Waals surface area contributed by atoms with Gasteiger partial charge in [0.25, 0.3) is 0 Å². The van der Waals surface area contributed by atoms with E-state index < -0.39 is 17.4 Å². The Kier molecular flexibility index (Phi) is 3.55. The van der Waals surface area contributed by atoms with Crippen molar-refractivity contribution in [2.24, 2.45) is 0 Å². The minimum absolute atomic E-state index is 0.234. The van der Waals surface area contributed by atoms with Crippen LogP contribution in [0.5, 0.6) is 0 Å². The minimum Gasteiger partial charge on any atom is -0.618 e. The fraction of sp³-hybridized carbons (Fsp3) is 0.0714. The Hall–Kier alpha value is -2.30. The molecule has 0 amide bonds. The molecular formula is C14H10F3NO. The zero-order chi connectivity index (χ0) is 13.9. The van der Waals surface area contributed by atoms with Crippen molar-refractivity contribution >= 4 is 11.9 Å². The van der Waals surface area contributed by atoms with Crippen LogP contribution >= 0.6 is 0 Å². The summed E-state index contributed by atoms with van der Waals surface area (Å²) in [6.07, 6.45) is -3.44. The summed E-state index contributed by atoms with van der Waals surface area (Å²) in [6, 6.07) is 13.1. The molecule has 0 atom stereocenters. The van der Waals surface area contributed by atoms with E-state index in [1.165, 1.54) is 12.1 Å². The Bertz CT molecular complexity index is 591. The van der Waals surface area contributed by atoms with Crippen LogP contribution in [0.2, 0.25) is 0 Å². The van der Waals surface area contributed by atoms with Crippen LogP contribution in [0.25, 0.3) is 0 Å². The van der Waals surface area contributed by atoms with Gasteiger partial charge in [-0.15, -0.1) is 0 Å². The highest BCUT2D eigenvalue weighted by molar-refractivity contribution is 5.76. The second-order valence-corrected chi connectivity index (χ2v) is 3.88. The second-order valence-electron chi connectivity index (χ2n) is 3.88. The molecule has 0 bridgehead atoms. The summed E-state index contributed by atoms with van der Waals surface area (Å²) in [5, 5.41) is 11.8. The van der Waals surface area contributed by atoms with Crippen LogP contribution in [-0.4, -0.2) is 11.0 Å². The van der Waals surface area contributed by atoms with E-state index in [2.05, 4.69) is 0 Å². The quantitative estimate of drug-likeness (QED) is 0.349. The van der Waals surface area contributed by atoms with Crippen molar-refractivity contribution in [1.82, 2.24) is 0 Å². The van der Waals surface area contributed by atoms with Gasteiger partial charge in [0.15, 0.2) is 6.21 Å². The lowest BCUT2D eigenvalue weighted by Gasteiger charge is -2.11. The molecule has 0 N–H and O–H groups in total. The first-order valence-electron chi connectivity index (χ1n) is 5.51. The van der Waals surface area contributed by atoms with Gasteiger partial charge in [0.1, 0.15) is 5.56 Å². The first kappa shape index (κ1) is 13.1. The van der Waals surface area contributed by atoms with Crippen LogP contribution in [0.4, 0.5) is 18.9 Å². The predicted molar refractivity (Wildman–Crippen MR) is 66.3 cm³/mol. The minimum atomic E-state index is -4.55. The highest BCUT2D eigenvalue weighted by Gasteiger charge is 2.36. The van der Waals surface area contributed by atoms with Gasteiger partial charge in [0.05, 0.1) is 0 Å². The summed E-state index contributed by atoms with van der Waals surface area (Å²) in [7, 11) is 0. The number of hydrogen-bond donors (Lipinski definition) is 0. The Labute approximate surface area is 108 Å². The number of benzene rings is 2. The Morgan fingerprint density at radius 2 is 1.47 bits per heavy atom. The van der Waals surface area contributed by atoms with Crippen LogP contribution < -0.4 is 0 Å². The average Bonchev–Trinajstić information content (AvgIpc) is 2.39. The smallest absolute Gasteiger partial charge is 0.422 e. The summed E-state index contributed by atoms with van der Waals surface area (Å²) < 4.78 is 38.5. The van der Waals surface area contributed by atoms with Gasteiger partial charge in [0.2, 0.25) is 5.69 Å². The van der Waals surface area contributed by atoms with E-state index in [4.69, 9.17) is 0 Å². The van der Waals surface area contributed by atoms with E-state index in [-0.39, 0.29) is 4.74 Å². The molecule has 2 aromatic rings. The van der Waals surface area contributed by atoms with E-state index in [1.807, 2.05) is 0 Å². The third kappa shape index (κ3) is 3.13. The lowest BCUT2D eigenvalue weighted by atomic mass is 10.1. The predicted octanol–water partition coefficient (Wildman–Crippen LogP) is 3.97. The molecule has 0 aromatic heterocycles. The fourth-order valence-corrected chi connectivity index (χ4v) is 1.65. The van der Waals surface area contributed by atoms with Gasteiger partial charge in [-0.25, -0.2) is 0 Å². The summed E-state index contributed by atoms with van der Waals surface area (Å²) >= 11 is 0. The molecule has 98 valence electrons. The number of alkyl halides is 3. The van der Waals surface area contributed by atoms with E-state index in [9.17, 15) is 18.4 Å². The molecule has 0 radical (unpaired) electrons. The van der Waals surface area contributed by atoms with Crippen LogP contribution in [-0.2, 0) is 6.18 Å². The number of rotatable bonds is 2. The maximum atomic E-state index is 12.8. The summed E-state index contributed by atoms with van der Waals surface area (Å²) in [4.78, 5) is 0. The van der Waals surface area contributed by atoms with Gasteiger partial charge < -0.3 is 5.21 Å². The highest BCUT2D eigenvalue weighted by atomic mass is 19.4. The molecule has 2 aromatic carbocycles. The van der Waals surface area contributed by atoms with Gasteiger partial charge in [0, 0.05) is 11.6 Å². The zero-order valence-corrected chi connectivity index (χ0v) is 9.76. The Balaban J connectivity index is 2.45. The van der Waals surface area contributed by atoms with Crippen molar-refractivity contribution in [3.8, 4) is 0 Å². The molecule has 2 nitrogen and oxygen atoms in total. The van der Waals surface area contributed by atoms with Crippen molar-refractivity contribution in [3.05, 3.63) is 70.9 Å². The van der Waals surface area contributed by atoms with Crippen molar-refractivity contribution in [2.75, 3.05) is 0 Å². The molecule has 5 heteroatoms. The van der Waals surface area contributed by atoms with Crippen LogP contribution in [0.1, 0.15) is 11.1 Å². The van der Waals surface area contributed by atoms with Gasteiger partial charge in [-0.2, -0.15) is 17.9 Å². The topological polar surface area (TPSA) is 26.1 Å². The van der Waals surface area contributed by atoms with Crippen molar-refractivity contribution in [2.45, 2.75) is 6.18 Å². The maximum Gasteiger partial charge on any atom is 0.422 e. The third-order valence-corrected chi connectivity index (χ3v) is 2.51. The van der Waals surface area contributed by atoms with Gasteiger partial charge in [-0.05, 0) is 18.2 Å². The highest BCUT2D eigenvalue weighted by Crippen LogP contribution is 2.35. The SMILES string of the molecule is [O-][N+](=Cc1ccccc1)c1ccccc1C(F)(F)F. The summed E-state index contributed by atoms with van der Waals surface area (Å²) in [6.45, 7) is 0. The molecule has 2 rings (SSSR count). The van der Waals surface area contributed by atoms with Crippen LogP contribution in [0.15, 0.2) is 54.6 Å². The van der Waals surface area contributed by atoms with Gasteiger partial charge in [-0.3, -0.25) is 0 Å². The monoisotopic (exact) mass is 265 g/mol. The Morgan fingerprint density at radius 1 is 0.895 bits per heavy atom. The maximum absolute atomic E-state index is 12.8. The molecule has 0 aliphatic heterocycles. The fourth-order valence-electron chi connectivity index (χ4n) is 1.65. The summed E-state index contributed by atoms with van der Waals surface area (Å²) in [5.41, 5.74) is -0.828. The first-order chi connectivity index (χ1) is 8.98. The van der Waals surface area contributed by atoms with E-state index >= 15 is 0 Å². The molecule has 0 unspecified atom stereocenters. The van der Waals surface area contributed by atoms with Gasteiger partial charge in [-0.1, -0.05) is 30.3 Å². The van der Waals surface area contributed by atoms with Crippen molar-refractivity contribution in [1.29, 1.82) is 0 Å². The number of nitrogens with zero attached hydrogens (tertiary/aromatic N) is 1. The molecule has 0 saturated carbocycles. The molecule has 0 spiro atoms. The molecular weight excluding hydrogens is 255 g/mol. The lowest BCUT2D eigenvalue weighted by molar-refractivity contribution is -0.358. The number of halogens is 3. The summed E-state index contributed by atoms with van der Waals surface area (Å²) in [5.74, 6) is 0. The molecule has 0 aliphatic rings. The molecule has 19 heavy (non-hydrogen) atoms. The van der Waals surface area contributed by atoms with E-state index in [0.717, 1.165) is 18.3 Å². The number of hydrogen-bond acceptors (Lipinski definition) is 1. The van der Waals surface area contributed by atoms with Crippen molar-refractivity contribution < 1.29 is 17.9 Å². The van der Waals surface area contributed by atoms with E-state index in [0.29, 0.717) is 5.56 Å². The average molecular weight is 265 g/mol. The largest absolute Gasteiger partial charge is 0.618 e. The number of para-hydroxylation sites is 1. The molecule has 0 aliphatic carbocycles.